The highest BCUT2D eigenvalue weighted by Crippen LogP contribution is 2.67. The Bertz CT molecular complexity index is 2080. The van der Waals surface area contributed by atoms with Crippen LogP contribution in [0.4, 0.5) is 22.7 Å². The fraction of sp³-hybridized carbons (Fsp3) is 0.244. The molecule has 0 aliphatic carbocycles. The SMILES string of the molecule is Cc1cc2c3c(c1)N(c1ccc(C(C)(C)C)cc1)C1=C(SC(c4ccccc4)S1)B3C1=C(SC(c3ccccc3)S1)N2c1ccc(C(C)(C)C)cc1. The van der Waals surface area contributed by atoms with Crippen molar-refractivity contribution in [2.45, 2.75) is 68.5 Å². The Kier molecular flexibility index (Phi) is 8.54. The van der Waals surface area contributed by atoms with Crippen LogP contribution in [0.3, 0.4) is 0 Å². The molecule has 260 valence electrons. The van der Waals surface area contributed by atoms with Crippen LogP contribution in [0.5, 0.6) is 0 Å². The lowest BCUT2D eigenvalue weighted by atomic mass is 9.41. The standard InChI is InChI=1S/C45H43BN2S4/c1-28-26-35-37-36(27-28)48(34-24-20-32(21-25-34)45(5,6)7)41-39(50-43(52-41)30-16-12-9-13-17-30)46(37)38-40(51-42(49-38)29-14-10-8-11-15-29)47(35)33-22-18-31(19-23-33)44(2,3)4/h8-27,42-43H,1-7H3. The van der Waals surface area contributed by atoms with Gasteiger partial charge in [-0.15, -0.1) is 23.5 Å². The molecule has 5 aromatic rings. The van der Waals surface area contributed by atoms with E-state index in [4.69, 9.17) is 0 Å². The lowest BCUT2D eigenvalue weighted by Crippen LogP contribution is -2.48. The molecule has 0 radical (unpaired) electrons. The maximum atomic E-state index is 2.60. The summed E-state index contributed by atoms with van der Waals surface area (Å²) in [5, 5.41) is 2.75. The van der Waals surface area contributed by atoms with E-state index in [1.165, 1.54) is 75.7 Å². The minimum Gasteiger partial charge on any atom is -0.305 e. The second-order valence-electron chi connectivity index (χ2n) is 16.2. The van der Waals surface area contributed by atoms with Gasteiger partial charge in [-0.1, -0.05) is 150 Å². The summed E-state index contributed by atoms with van der Waals surface area (Å²) in [5.74, 6) is 0. The molecule has 0 amide bonds. The van der Waals surface area contributed by atoms with Gasteiger partial charge in [0, 0.05) is 22.7 Å². The Hall–Kier alpha value is -3.36. The van der Waals surface area contributed by atoms with Crippen LogP contribution in [0.2, 0.25) is 0 Å². The second-order valence-corrected chi connectivity index (χ2v) is 21.3. The highest BCUT2D eigenvalue weighted by molar-refractivity contribution is 8.26. The van der Waals surface area contributed by atoms with Crippen molar-refractivity contribution >= 4 is 82.0 Å². The first-order valence-electron chi connectivity index (χ1n) is 18.2. The minimum atomic E-state index is 0.0907. The normalized spacial score (nSPS) is 19.6. The van der Waals surface area contributed by atoms with E-state index in [0.717, 1.165) is 0 Å². The quantitative estimate of drug-likeness (QED) is 0.168. The van der Waals surface area contributed by atoms with Gasteiger partial charge in [0.15, 0.2) is 0 Å². The molecule has 0 fully saturated rings. The fourth-order valence-corrected chi connectivity index (χ4v) is 14.1. The van der Waals surface area contributed by atoms with Gasteiger partial charge in [0.05, 0.1) is 19.2 Å². The van der Waals surface area contributed by atoms with E-state index >= 15 is 0 Å². The third-order valence-electron chi connectivity index (χ3n) is 10.4. The Morgan fingerprint density at radius 1 is 0.500 bits per heavy atom. The van der Waals surface area contributed by atoms with E-state index in [2.05, 4.69) is 203 Å². The summed E-state index contributed by atoms with van der Waals surface area (Å²) >= 11 is 8.19. The molecule has 2 atom stereocenters. The topological polar surface area (TPSA) is 6.48 Å². The molecule has 0 spiro atoms. The van der Waals surface area contributed by atoms with Gasteiger partial charge >= 0.3 is 0 Å². The third kappa shape index (κ3) is 5.87. The van der Waals surface area contributed by atoms with Crippen LogP contribution in [0.15, 0.2) is 141 Å². The summed E-state index contributed by atoms with van der Waals surface area (Å²) in [6, 6.07) is 45.8. The first-order chi connectivity index (χ1) is 25.0. The van der Waals surface area contributed by atoms with Gasteiger partial charge in [-0.05, 0) is 97.0 Å². The summed E-state index contributed by atoms with van der Waals surface area (Å²) in [6.45, 7) is 16.2. The van der Waals surface area contributed by atoms with Crippen LogP contribution in [-0.2, 0) is 10.8 Å². The third-order valence-corrected chi connectivity index (χ3v) is 16.4. The molecule has 5 aromatic carbocycles. The molecule has 7 heteroatoms. The van der Waals surface area contributed by atoms with Crippen LogP contribution in [-0.4, -0.2) is 6.71 Å². The van der Waals surface area contributed by atoms with Gasteiger partial charge in [0.1, 0.15) is 0 Å². The number of fused-ring (bicyclic) bond motifs is 2. The van der Waals surface area contributed by atoms with Crippen molar-refractivity contribution in [2.75, 3.05) is 9.80 Å². The molecule has 4 aliphatic rings. The van der Waals surface area contributed by atoms with Gasteiger partial charge in [-0.2, -0.15) is 0 Å². The molecular formula is C45H43BN2S4. The Morgan fingerprint density at radius 2 is 0.885 bits per heavy atom. The first kappa shape index (κ1) is 34.4. The molecule has 52 heavy (non-hydrogen) atoms. The van der Waals surface area contributed by atoms with Crippen LogP contribution < -0.4 is 15.3 Å². The molecule has 4 heterocycles. The number of aryl methyl sites for hydroxylation is 1. The molecule has 2 nitrogen and oxygen atoms in total. The zero-order valence-electron chi connectivity index (χ0n) is 30.8. The van der Waals surface area contributed by atoms with Gasteiger partial charge < -0.3 is 9.80 Å². The van der Waals surface area contributed by atoms with Gasteiger partial charge in [0.25, 0.3) is 6.71 Å². The van der Waals surface area contributed by atoms with E-state index in [1.807, 2.05) is 23.5 Å². The van der Waals surface area contributed by atoms with Crippen molar-refractivity contribution in [1.82, 2.24) is 0 Å². The van der Waals surface area contributed by atoms with Crippen LogP contribution in [0.25, 0.3) is 0 Å². The summed E-state index contributed by atoms with van der Waals surface area (Å²) in [4.78, 5) is 8.15. The molecule has 0 aromatic heterocycles. The lowest BCUT2D eigenvalue weighted by molar-refractivity contribution is 0.590. The average Bonchev–Trinajstić information content (AvgIpc) is 3.77. The predicted molar refractivity (Wildman–Crippen MR) is 234 cm³/mol. The van der Waals surface area contributed by atoms with Crippen LogP contribution in [0.1, 0.15) is 78.5 Å². The molecule has 0 N–H and O–H groups in total. The highest BCUT2D eigenvalue weighted by atomic mass is 32.2. The Labute approximate surface area is 327 Å². The van der Waals surface area contributed by atoms with E-state index in [9.17, 15) is 0 Å². The van der Waals surface area contributed by atoms with Gasteiger partial charge in [-0.3, -0.25) is 0 Å². The van der Waals surface area contributed by atoms with E-state index < -0.39 is 0 Å². The summed E-state index contributed by atoms with van der Waals surface area (Å²) < 4.78 is 0.579. The van der Waals surface area contributed by atoms with Crippen molar-refractivity contribution in [3.05, 3.63) is 169 Å². The monoisotopic (exact) mass is 750 g/mol. The zero-order valence-corrected chi connectivity index (χ0v) is 34.1. The van der Waals surface area contributed by atoms with E-state index in [-0.39, 0.29) is 26.7 Å². The zero-order chi connectivity index (χ0) is 35.9. The van der Waals surface area contributed by atoms with Crippen molar-refractivity contribution in [3.63, 3.8) is 0 Å². The maximum Gasteiger partial charge on any atom is 0.269 e. The molecular weight excluding hydrogens is 708 g/mol. The molecule has 2 unspecified atom stereocenters. The van der Waals surface area contributed by atoms with Crippen LogP contribution >= 0.6 is 47.0 Å². The molecule has 0 saturated carbocycles. The van der Waals surface area contributed by atoms with Crippen molar-refractivity contribution < 1.29 is 0 Å². The molecule has 0 saturated heterocycles. The smallest absolute Gasteiger partial charge is 0.269 e. The number of anilines is 4. The largest absolute Gasteiger partial charge is 0.305 e. The molecule has 4 aliphatic heterocycles. The number of hydrogen-bond acceptors (Lipinski definition) is 6. The first-order valence-corrected chi connectivity index (χ1v) is 21.7. The summed E-state index contributed by atoms with van der Waals surface area (Å²) in [7, 11) is 0. The number of nitrogens with zero attached hydrogens (tertiary/aromatic N) is 2. The number of thioether (sulfide) groups is 4. The Balaban J connectivity index is 1.27. The van der Waals surface area contributed by atoms with E-state index in [1.54, 1.807) is 0 Å². The predicted octanol–water partition coefficient (Wildman–Crippen LogP) is 13.4. The number of rotatable bonds is 4. The fourth-order valence-electron chi connectivity index (χ4n) is 7.66. The van der Waals surface area contributed by atoms with Crippen molar-refractivity contribution in [1.29, 1.82) is 0 Å². The van der Waals surface area contributed by atoms with E-state index in [0.29, 0.717) is 0 Å². The van der Waals surface area contributed by atoms with Gasteiger partial charge in [-0.25, -0.2) is 0 Å². The Morgan fingerprint density at radius 3 is 1.25 bits per heavy atom. The van der Waals surface area contributed by atoms with Gasteiger partial charge in [0.2, 0.25) is 0 Å². The van der Waals surface area contributed by atoms with Crippen molar-refractivity contribution in [2.24, 2.45) is 0 Å². The number of hydrogen-bond donors (Lipinski definition) is 0. The summed E-state index contributed by atoms with van der Waals surface area (Å²) in [5.41, 5.74) is 13.4. The average molecular weight is 751 g/mol. The summed E-state index contributed by atoms with van der Waals surface area (Å²) in [6.07, 6.45) is 0. The second kappa shape index (κ2) is 12.9. The lowest BCUT2D eigenvalue weighted by Gasteiger charge is -2.42. The molecule has 0 bridgehead atoms. The van der Waals surface area contributed by atoms with Crippen LogP contribution in [0, 0.1) is 6.92 Å². The van der Waals surface area contributed by atoms with Crippen molar-refractivity contribution in [3.8, 4) is 0 Å². The maximum absolute atomic E-state index is 2.60. The number of benzene rings is 5. The minimum absolute atomic E-state index is 0.0907. The highest BCUT2D eigenvalue weighted by Gasteiger charge is 2.52. The molecule has 9 rings (SSSR count).